The molecule has 9 nitrogen and oxygen atoms in total. The Morgan fingerprint density at radius 1 is 1.04 bits per heavy atom. The summed E-state index contributed by atoms with van der Waals surface area (Å²) < 4.78 is 13.4. The van der Waals surface area contributed by atoms with E-state index < -0.39 is 4.92 Å². The number of para-hydroxylation sites is 1. The summed E-state index contributed by atoms with van der Waals surface area (Å²) in [4.78, 5) is 30.3. The monoisotopic (exact) mass is 668 g/mol. The fourth-order valence-electron chi connectivity index (χ4n) is 4.99. The molecule has 0 aliphatic carbocycles. The first-order valence-electron chi connectivity index (χ1n) is 14.6. The van der Waals surface area contributed by atoms with E-state index in [0.29, 0.717) is 33.4 Å². The number of ether oxygens (including phenoxy) is 2. The fourth-order valence-corrected chi connectivity index (χ4v) is 5.57. The van der Waals surface area contributed by atoms with Crippen molar-refractivity contribution >= 4 is 38.7 Å². The van der Waals surface area contributed by atoms with Crippen molar-refractivity contribution in [3.05, 3.63) is 126 Å². The first-order chi connectivity index (χ1) is 21.6. The number of benzene rings is 4. The molecule has 0 bridgehead atoms. The van der Waals surface area contributed by atoms with Gasteiger partial charge in [-0.2, -0.15) is 9.78 Å². The maximum absolute atomic E-state index is 13.8. The number of aryl methyl sites for hydroxylation is 2. The topological polar surface area (TPSA) is 109 Å². The zero-order chi connectivity index (χ0) is 32.2. The molecule has 0 saturated carbocycles. The molecule has 0 fully saturated rings. The van der Waals surface area contributed by atoms with Crippen molar-refractivity contribution in [2.45, 2.75) is 47.1 Å². The minimum absolute atomic E-state index is 0.106. The Kier molecular flexibility index (Phi) is 9.43. The Morgan fingerprint density at radius 3 is 2.47 bits per heavy atom. The summed E-state index contributed by atoms with van der Waals surface area (Å²) in [6, 6.07) is 21.8. The zero-order valence-corrected chi connectivity index (χ0v) is 27.3. The van der Waals surface area contributed by atoms with Crippen LogP contribution in [-0.2, 0) is 6.61 Å². The summed E-state index contributed by atoms with van der Waals surface area (Å²) >= 11 is 3.44. The predicted octanol–water partition coefficient (Wildman–Crippen LogP) is 8.33. The van der Waals surface area contributed by atoms with Crippen molar-refractivity contribution in [2.24, 2.45) is 5.10 Å². The van der Waals surface area contributed by atoms with Gasteiger partial charge in [-0.05, 0) is 89.6 Å². The van der Waals surface area contributed by atoms with E-state index in [1.54, 1.807) is 24.3 Å². The molecular formula is C35H33BrN4O5. The molecule has 0 spiro atoms. The van der Waals surface area contributed by atoms with Gasteiger partial charge in [-0.15, -0.1) is 0 Å². The fraction of sp³-hybridized carbons (Fsp3) is 0.229. The second-order valence-electron chi connectivity index (χ2n) is 11.0. The Balaban J connectivity index is 1.61. The highest BCUT2D eigenvalue weighted by molar-refractivity contribution is 9.10. The third-order valence-corrected chi connectivity index (χ3v) is 7.93. The van der Waals surface area contributed by atoms with Gasteiger partial charge >= 0.3 is 5.69 Å². The molecule has 230 valence electrons. The van der Waals surface area contributed by atoms with Crippen LogP contribution in [-0.4, -0.2) is 27.4 Å². The lowest BCUT2D eigenvalue weighted by Crippen LogP contribution is -2.21. The highest BCUT2D eigenvalue weighted by atomic mass is 79.9. The number of aromatic nitrogens is 2. The predicted molar refractivity (Wildman–Crippen MR) is 181 cm³/mol. The summed E-state index contributed by atoms with van der Waals surface area (Å²) in [5, 5.41) is 17.0. The molecule has 0 atom stereocenters. The van der Waals surface area contributed by atoms with Gasteiger partial charge in [-0.3, -0.25) is 14.9 Å². The van der Waals surface area contributed by atoms with Gasteiger partial charge in [0.2, 0.25) is 5.75 Å². The lowest BCUT2D eigenvalue weighted by atomic mass is 9.96. The van der Waals surface area contributed by atoms with Gasteiger partial charge in [-0.1, -0.05) is 55.8 Å². The van der Waals surface area contributed by atoms with Crippen molar-refractivity contribution in [1.82, 2.24) is 9.66 Å². The second kappa shape index (κ2) is 13.4. The Labute approximate surface area is 269 Å². The van der Waals surface area contributed by atoms with Crippen molar-refractivity contribution in [3.63, 3.8) is 0 Å². The van der Waals surface area contributed by atoms with Crippen LogP contribution in [0.4, 0.5) is 5.69 Å². The van der Waals surface area contributed by atoms with Crippen LogP contribution in [0.5, 0.6) is 11.5 Å². The van der Waals surface area contributed by atoms with Crippen LogP contribution in [0.2, 0.25) is 0 Å². The molecule has 1 aromatic heterocycles. The molecule has 5 aromatic rings. The Hall–Kier alpha value is -4.83. The van der Waals surface area contributed by atoms with Gasteiger partial charge in [0.1, 0.15) is 12.4 Å². The molecule has 0 amide bonds. The second-order valence-corrected chi connectivity index (χ2v) is 11.8. The van der Waals surface area contributed by atoms with E-state index in [4.69, 9.17) is 14.5 Å². The first-order valence-corrected chi connectivity index (χ1v) is 15.4. The summed E-state index contributed by atoms with van der Waals surface area (Å²) in [5.74, 6) is 1.40. The smallest absolute Gasteiger partial charge is 0.312 e. The van der Waals surface area contributed by atoms with Crippen molar-refractivity contribution in [3.8, 4) is 22.9 Å². The number of halogens is 1. The van der Waals surface area contributed by atoms with E-state index in [1.807, 2.05) is 63.2 Å². The van der Waals surface area contributed by atoms with Crippen LogP contribution < -0.4 is 15.0 Å². The third-order valence-electron chi connectivity index (χ3n) is 7.34. The number of fused-ring (bicyclic) bond motifs is 1. The first kappa shape index (κ1) is 31.6. The normalized spacial score (nSPS) is 11.4. The SMILES string of the molecule is CCOc1cc(C)c(-c2nc3ccccc3c(=O)n2N=Cc2cc(Br)c(OCc3ccc(C)cc3)c([N+](=O)[O-])c2)cc1C(C)C. The number of nitro groups is 1. The van der Waals surface area contributed by atoms with Crippen LogP contribution in [0.25, 0.3) is 22.3 Å². The van der Waals surface area contributed by atoms with Crippen LogP contribution in [0, 0.1) is 24.0 Å². The van der Waals surface area contributed by atoms with Crippen LogP contribution in [0.3, 0.4) is 0 Å². The summed E-state index contributed by atoms with van der Waals surface area (Å²) in [6.07, 6.45) is 1.41. The van der Waals surface area contributed by atoms with Crippen LogP contribution >= 0.6 is 15.9 Å². The molecule has 0 unspecified atom stereocenters. The summed E-state index contributed by atoms with van der Waals surface area (Å²) in [6.45, 7) is 10.7. The number of rotatable bonds is 10. The molecule has 0 aliphatic heterocycles. The van der Waals surface area contributed by atoms with E-state index in [1.165, 1.54) is 17.0 Å². The Bertz CT molecular complexity index is 1980. The van der Waals surface area contributed by atoms with Crippen LogP contribution in [0.1, 0.15) is 54.5 Å². The average Bonchev–Trinajstić information content (AvgIpc) is 3.00. The third kappa shape index (κ3) is 6.81. The molecule has 4 aromatic carbocycles. The molecule has 0 saturated heterocycles. The largest absolute Gasteiger partial charge is 0.494 e. The number of nitrogens with zero attached hydrogens (tertiary/aromatic N) is 4. The zero-order valence-electron chi connectivity index (χ0n) is 25.7. The maximum atomic E-state index is 13.8. The minimum Gasteiger partial charge on any atom is -0.494 e. The highest BCUT2D eigenvalue weighted by Gasteiger charge is 2.22. The van der Waals surface area contributed by atoms with Gasteiger partial charge in [0.15, 0.2) is 5.82 Å². The standard InChI is InChI=1S/C35H33BrN4O5/c1-6-44-32-15-23(5)28(18-27(32)21(2)3)34-38-30-10-8-7-9-26(30)35(41)39(34)37-19-25-16-29(36)33(31(17-25)40(42)43)45-20-24-13-11-22(4)12-14-24/h7-19,21H,6,20H2,1-5H3. The van der Waals surface area contributed by atoms with Gasteiger partial charge in [0.05, 0.1) is 33.1 Å². The van der Waals surface area contributed by atoms with Crippen LogP contribution in [0.15, 0.2) is 87.2 Å². The number of hydrogen-bond donors (Lipinski definition) is 0. The molecule has 45 heavy (non-hydrogen) atoms. The molecular weight excluding hydrogens is 636 g/mol. The molecule has 0 aliphatic rings. The van der Waals surface area contributed by atoms with Gasteiger partial charge in [0.25, 0.3) is 5.56 Å². The van der Waals surface area contributed by atoms with E-state index in [0.717, 1.165) is 33.6 Å². The molecule has 10 heteroatoms. The number of hydrogen-bond acceptors (Lipinski definition) is 7. The Morgan fingerprint density at radius 2 is 1.78 bits per heavy atom. The lowest BCUT2D eigenvalue weighted by Gasteiger charge is -2.18. The lowest BCUT2D eigenvalue weighted by molar-refractivity contribution is -0.386. The van der Waals surface area contributed by atoms with E-state index >= 15 is 0 Å². The maximum Gasteiger partial charge on any atom is 0.312 e. The van der Waals surface area contributed by atoms with Crippen molar-refractivity contribution in [2.75, 3.05) is 6.61 Å². The van der Waals surface area contributed by atoms with Gasteiger partial charge in [0, 0.05) is 17.2 Å². The summed E-state index contributed by atoms with van der Waals surface area (Å²) in [5.41, 5.74) is 4.91. The summed E-state index contributed by atoms with van der Waals surface area (Å²) in [7, 11) is 0. The van der Waals surface area contributed by atoms with Gasteiger partial charge in [-0.25, -0.2) is 4.98 Å². The average molecular weight is 670 g/mol. The van der Waals surface area contributed by atoms with E-state index in [-0.39, 0.29) is 29.5 Å². The molecule has 5 rings (SSSR count). The minimum atomic E-state index is -0.502. The molecule has 1 heterocycles. The molecule has 0 radical (unpaired) electrons. The molecule has 0 N–H and O–H groups in total. The highest BCUT2D eigenvalue weighted by Crippen LogP contribution is 2.37. The van der Waals surface area contributed by atoms with Crippen molar-refractivity contribution < 1.29 is 14.4 Å². The number of nitro benzene ring substituents is 1. The van der Waals surface area contributed by atoms with E-state index in [2.05, 4.69) is 34.9 Å². The van der Waals surface area contributed by atoms with Gasteiger partial charge < -0.3 is 9.47 Å². The van der Waals surface area contributed by atoms with Crippen molar-refractivity contribution in [1.29, 1.82) is 0 Å². The van der Waals surface area contributed by atoms with E-state index in [9.17, 15) is 14.9 Å². The quantitative estimate of drug-likeness (QED) is 0.0841.